The average molecular weight is 519 g/mol. The first-order valence-electron chi connectivity index (χ1n) is 11.0. The van der Waals surface area contributed by atoms with Crippen molar-refractivity contribution in [2.24, 2.45) is 0 Å². The van der Waals surface area contributed by atoms with Crippen LogP contribution in [0.15, 0.2) is 54.2 Å². The molecule has 0 saturated carbocycles. The van der Waals surface area contributed by atoms with Crippen LogP contribution < -0.4 is 14.2 Å². The number of nitrogens with zero attached hydrogens (tertiary/aromatic N) is 4. The Morgan fingerprint density at radius 2 is 1.89 bits per heavy atom. The molecule has 0 saturated heterocycles. The van der Waals surface area contributed by atoms with Crippen molar-refractivity contribution in [2.45, 2.75) is 31.2 Å². The maximum absolute atomic E-state index is 11.6. The molecule has 11 heteroatoms. The topological polar surface area (TPSA) is 102 Å². The summed E-state index contributed by atoms with van der Waals surface area (Å²) in [5, 5.41) is 20.3. The second kappa shape index (κ2) is 12.5. The summed E-state index contributed by atoms with van der Waals surface area (Å²) in [6.45, 7) is 10.1. The van der Waals surface area contributed by atoms with Crippen LogP contribution in [-0.2, 0) is 0 Å². The zero-order valence-electron chi connectivity index (χ0n) is 19.8. The second-order valence-corrected chi connectivity index (χ2v) is 8.85. The zero-order chi connectivity index (χ0) is 25.4. The smallest absolute Gasteiger partial charge is 0.220 e. The quantitative estimate of drug-likeness (QED) is 0.123. The van der Waals surface area contributed by atoms with Gasteiger partial charge in [0, 0.05) is 10.6 Å². The highest BCUT2D eigenvalue weighted by molar-refractivity contribution is 7.99. The molecule has 0 aliphatic carbocycles. The molecule has 186 valence electrons. The third kappa shape index (κ3) is 6.67. The van der Waals surface area contributed by atoms with E-state index in [9.17, 15) is 10.1 Å². The third-order valence-corrected chi connectivity index (χ3v) is 6.27. The number of halogens is 1. The van der Waals surface area contributed by atoms with E-state index in [0.29, 0.717) is 46.3 Å². The van der Waals surface area contributed by atoms with E-state index >= 15 is 0 Å². The first-order chi connectivity index (χ1) is 16.9. The van der Waals surface area contributed by atoms with E-state index in [0.717, 1.165) is 11.4 Å². The molecule has 1 aromatic heterocycles. The summed E-state index contributed by atoms with van der Waals surface area (Å²) in [4.78, 5) is 11.2. The standard InChI is InChI=1S/C24H27ClN4O5S/c1-5-12-34-23-20(25)13-17(14-21(23)33-7-3)22(15-28(30)31)35-24-27-26-16(4)29(24)18-8-10-19(11-9-18)32-6-2/h5,8-11,13-14,22H,1,6-7,12,15H2,2-4H3/t22-/m1/s1. The number of rotatable bonds is 13. The van der Waals surface area contributed by atoms with Gasteiger partial charge in [-0.05, 0) is 62.7 Å². The molecule has 35 heavy (non-hydrogen) atoms. The third-order valence-electron chi connectivity index (χ3n) is 4.81. The van der Waals surface area contributed by atoms with Gasteiger partial charge in [-0.15, -0.1) is 10.2 Å². The van der Waals surface area contributed by atoms with Crippen LogP contribution in [0.25, 0.3) is 5.69 Å². The monoisotopic (exact) mass is 518 g/mol. The maximum Gasteiger partial charge on any atom is 0.220 e. The predicted octanol–water partition coefficient (Wildman–Crippen LogP) is 5.70. The minimum Gasteiger partial charge on any atom is -0.494 e. The van der Waals surface area contributed by atoms with Crippen molar-refractivity contribution in [2.75, 3.05) is 26.4 Å². The Morgan fingerprint density at radius 3 is 2.51 bits per heavy atom. The van der Waals surface area contributed by atoms with Crippen LogP contribution in [0.1, 0.15) is 30.5 Å². The summed E-state index contributed by atoms with van der Waals surface area (Å²) in [7, 11) is 0. The molecule has 0 spiro atoms. The number of nitro groups is 1. The van der Waals surface area contributed by atoms with E-state index in [2.05, 4.69) is 16.8 Å². The Kier molecular flexibility index (Phi) is 9.39. The molecule has 0 amide bonds. The lowest BCUT2D eigenvalue weighted by Crippen LogP contribution is -2.12. The molecule has 0 aliphatic rings. The van der Waals surface area contributed by atoms with Crippen molar-refractivity contribution < 1.29 is 19.1 Å². The van der Waals surface area contributed by atoms with Crippen LogP contribution >= 0.6 is 23.4 Å². The van der Waals surface area contributed by atoms with E-state index in [1.54, 1.807) is 18.2 Å². The minimum atomic E-state index is -0.611. The fourth-order valence-corrected chi connectivity index (χ4v) is 4.79. The van der Waals surface area contributed by atoms with Gasteiger partial charge in [0.1, 0.15) is 23.4 Å². The molecule has 0 N–H and O–H groups in total. The molecule has 0 unspecified atom stereocenters. The zero-order valence-corrected chi connectivity index (χ0v) is 21.3. The molecule has 3 rings (SSSR count). The molecule has 0 radical (unpaired) electrons. The Bertz CT molecular complexity index is 1170. The molecule has 0 bridgehead atoms. The van der Waals surface area contributed by atoms with E-state index < -0.39 is 5.25 Å². The van der Waals surface area contributed by atoms with Crippen molar-refractivity contribution in [3.63, 3.8) is 0 Å². The van der Waals surface area contributed by atoms with Gasteiger partial charge in [-0.2, -0.15) is 0 Å². The summed E-state index contributed by atoms with van der Waals surface area (Å²) in [6.07, 6.45) is 1.60. The minimum absolute atomic E-state index is 0.247. The lowest BCUT2D eigenvalue weighted by atomic mass is 10.1. The first-order valence-corrected chi connectivity index (χ1v) is 12.3. The molecule has 2 aromatic carbocycles. The summed E-state index contributed by atoms with van der Waals surface area (Å²) < 4.78 is 18.7. The number of hydrogen-bond donors (Lipinski definition) is 0. The van der Waals surface area contributed by atoms with Gasteiger partial charge in [-0.1, -0.05) is 36.0 Å². The van der Waals surface area contributed by atoms with Crippen LogP contribution in [-0.4, -0.2) is 46.1 Å². The van der Waals surface area contributed by atoms with Crippen molar-refractivity contribution >= 4 is 23.4 Å². The summed E-state index contributed by atoms with van der Waals surface area (Å²) in [5.74, 6) is 2.18. The van der Waals surface area contributed by atoms with Crippen molar-refractivity contribution in [3.8, 4) is 22.9 Å². The largest absolute Gasteiger partial charge is 0.494 e. The first kappa shape index (κ1) is 26.4. The normalized spacial score (nSPS) is 11.7. The van der Waals surface area contributed by atoms with E-state index in [-0.39, 0.29) is 18.1 Å². The van der Waals surface area contributed by atoms with Gasteiger partial charge in [-0.25, -0.2) is 0 Å². The maximum atomic E-state index is 11.6. The summed E-state index contributed by atoms with van der Waals surface area (Å²) >= 11 is 7.73. The van der Waals surface area contributed by atoms with Gasteiger partial charge >= 0.3 is 0 Å². The number of benzene rings is 2. The fraction of sp³-hybridized carbons (Fsp3) is 0.333. The van der Waals surface area contributed by atoms with E-state index in [4.69, 9.17) is 25.8 Å². The van der Waals surface area contributed by atoms with Gasteiger partial charge in [0.2, 0.25) is 6.54 Å². The Hall–Kier alpha value is -3.24. The van der Waals surface area contributed by atoms with E-state index in [1.807, 2.05) is 49.6 Å². The number of ether oxygens (including phenoxy) is 3. The summed E-state index contributed by atoms with van der Waals surface area (Å²) in [6, 6.07) is 10.9. The summed E-state index contributed by atoms with van der Waals surface area (Å²) in [5.41, 5.74) is 1.43. The molecular weight excluding hydrogens is 492 g/mol. The highest BCUT2D eigenvalue weighted by atomic mass is 35.5. The van der Waals surface area contributed by atoms with Crippen LogP contribution in [0.3, 0.4) is 0 Å². The Morgan fingerprint density at radius 1 is 1.17 bits per heavy atom. The van der Waals surface area contributed by atoms with Crippen LogP contribution in [0.5, 0.6) is 17.2 Å². The molecule has 0 aliphatic heterocycles. The lowest BCUT2D eigenvalue weighted by Gasteiger charge is -2.18. The van der Waals surface area contributed by atoms with Crippen molar-refractivity contribution in [3.05, 3.63) is 75.6 Å². The molecule has 3 aromatic rings. The van der Waals surface area contributed by atoms with Gasteiger partial charge in [-0.3, -0.25) is 14.7 Å². The number of aromatic nitrogens is 3. The SMILES string of the molecule is C=CCOc1c(Cl)cc([C@@H](C[N+](=O)[O-])Sc2nnc(C)n2-c2ccc(OCC)cc2)cc1OCC. The average Bonchev–Trinajstić information content (AvgIpc) is 3.18. The number of aryl methyl sites for hydroxylation is 1. The number of thioether (sulfide) groups is 1. The van der Waals surface area contributed by atoms with E-state index in [1.165, 1.54) is 11.8 Å². The number of hydrogen-bond acceptors (Lipinski definition) is 8. The van der Waals surface area contributed by atoms with Crippen LogP contribution in [0.4, 0.5) is 0 Å². The predicted molar refractivity (Wildman–Crippen MR) is 136 cm³/mol. The van der Waals surface area contributed by atoms with Gasteiger partial charge in [0.15, 0.2) is 16.7 Å². The van der Waals surface area contributed by atoms with Crippen LogP contribution in [0, 0.1) is 17.0 Å². The molecular formula is C24H27ClN4O5S. The van der Waals surface area contributed by atoms with Gasteiger partial charge < -0.3 is 14.2 Å². The Labute approximate surface area is 213 Å². The van der Waals surface area contributed by atoms with Crippen molar-refractivity contribution in [1.29, 1.82) is 0 Å². The molecule has 1 heterocycles. The van der Waals surface area contributed by atoms with Crippen molar-refractivity contribution in [1.82, 2.24) is 14.8 Å². The van der Waals surface area contributed by atoms with Crippen LogP contribution in [0.2, 0.25) is 5.02 Å². The lowest BCUT2D eigenvalue weighted by molar-refractivity contribution is -0.479. The Balaban J connectivity index is 1.99. The highest BCUT2D eigenvalue weighted by Gasteiger charge is 2.26. The fourth-order valence-electron chi connectivity index (χ4n) is 3.37. The van der Waals surface area contributed by atoms with Gasteiger partial charge in [0.25, 0.3) is 0 Å². The molecule has 0 fully saturated rings. The second-order valence-electron chi connectivity index (χ2n) is 7.28. The molecule has 1 atom stereocenters. The molecule has 9 nitrogen and oxygen atoms in total. The van der Waals surface area contributed by atoms with Gasteiger partial charge in [0.05, 0.1) is 18.2 Å². The highest BCUT2D eigenvalue weighted by Crippen LogP contribution is 2.43.